The van der Waals surface area contributed by atoms with Crippen molar-refractivity contribution in [3.8, 4) is 0 Å². The molecule has 7 N–H and O–H groups in total. The molecule has 132 valence electrons. The summed E-state index contributed by atoms with van der Waals surface area (Å²) in [6.07, 6.45) is 1.15. The second-order valence-electron chi connectivity index (χ2n) is 5.85. The van der Waals surface area contributed by atoms with E-state index in [4.69, 9.17) is 10.8 Å². The van der Waals surface area contributed by atoms with Crippen molar-refractivity contribution in [1.29, 1.82) is 0 Å². The molecule has 0 unspecified atom stereocenters. The van der Waals surface area contributed by atoms with E-state index in [2.05, 4.69) is 6.92 Å². The quantitative estimate of drug-likeness (QED) is 0.250. The van der Waals surface area contributed by atoms with Gasteiger partial charge in [0.15, 0.2) is 5.60 Å². The van der Waals surface area contributed by atoms with Gasteiger partial charge < -0.3 is 31.3 Å². The molecular weight excluding hydrogens is 290 g/mol. The molecule has 0 aliphatic heterocycles. The van der Waals surface area contributed by atoms with Crippen LogP contribution in [0.1, 0.15) is 58.3 Å². The fourth-order valence-corrected chi connectivity index (χ4v) is 2.37. The summed E-state index contributed by atoms with van der Waals surface area (Å²) in [7, 11) is 0. The second-order valence-corrected chi connectivity index (χ2v) is 5.85. The number of aliphatic hydroxyl groups excluding tert-OH is 4. The van der Waals surface area contributed by atoms with Crippen molar-refractivity contribution >= 4 is 5.91 Å². The predicted octanol–water partition coefficient (Wildman–Crippen LogP) is -0.581. The molecular formula is C15H31NO6. The van der Waals surface area contributed by atoms with Crippen LogP contribution in [-0.2, 0) is 4.79 Å². The minimum Gasteiger partial charge on any atom is -0.394 e. The molecule has 0 aliphatic rings. The molecule has 0 rings (SSSR count). The van der Waals surface area contributed by atoms with Crippen molar-refractivity contribution in [2.24, 2.45) is 5.73 Å². The van der Waals surface area contributed by atoms with Gasteiger partial charge in [-0.15, -0.1) is 0 Å². The van der Waals surface area contributed by atoms with Crippen LogP contribution in [0, 0.1) is 0 Å². The van der Waals surface area contributed by atoms with Crippen LogP contribution in [-0.4, -0.2) is 62.0 Å². The van der Waals surface area contributed by atoms with E-state index >= 15 is 0 Å². The van der Waals surface area contributed by atoms with Gasteiger partial charge in [0.05, 0.1) is 6.61 Å². The number of carbonyl (C=O) groups excluding carboxylic acids is 1. The van der Waals surface area contributed by atoms with Crippen LogP contribution in [0.5, 0.6) is 0 Å². The van der Waals surface area contributed by atoms with Gasteiger partial charge in [-0.3, -0.25) is 4.79 Å². The molecule has 0 aliphatic carbocycles. The number of hydrogen-bond acceptors (Lipinski definition) is 6. The van der Waals surface area contributed by atoms with Gasteiger partial charge in [-0.2, -0.15) is 0 Å². The third-order valence-electron chi connectivity index (χ3n) is 3.98. The van der Waals surface area contributed by atoms with E-state index in [1.165, 1.54) is 6.42 Å². The van der Waals surface area contributed by atoms with Gasteiger partial charge >= 0.3 is 0 Å². The average molecular weight is 321 g/mol. The number of unbranched alkanes of at least 4 members (excludes halogenated alkanes) is 6. The SMILES string of the molecule is CCCCCCCCC[C@](O)(C(N)=O)[C@@H](O)[C@H](O)[C@H](O)CO. The molecule has 0 aromatic rings. The molecule has 0 radical (unpaired) electrons. The summed E-state index contributed by atoms with van der Waals surface area (Å²) in [4.78, 5) is 11.4. The summed E-state index contributed by atoms with van der Waals surface area (Å²) >= 11 is 0. The number of rotatable bonds is 13. The zero-order valence-electron chi connectivity index (χ0n) is 13.3. The molecule has 0 heterocycles. The molecule has 0 aromatic carbocycles. The highest BCUT2D eigenvalue weighted by molar-refractivity contribution is 5.84. The number of hydrogen-bond donors (Lipinski definition) is 6. The summed E-state index contributed by atoms with van der Waals surface area (Å²) in [5, 5.41) is 47.9. The molecule has 0 fully saturated rings. The van der Waals surface area contributed by atoms with Crippen LogP contribution in [0.3, 0.4) is 0 Å². The maximum absolute atomic E-state index is 11.4. The molecule has 7 heteroatoms. The van der Waals surface area contributed by atoms with E-state index in [-0.39, 0.29) is 6.42 Å². The average Bonchev–Trinajstić information content (AvgIpc) is 2.51. The maximum Gasteiger partial charge on any atom is 0.252 e. The first kappa shape index (κ1) is 21.3. The topological polar surface area (TPSA) is 144 Å². The molecule has 0 saturated carbocycles. The number of primary amides is 1. The van der Waals surface area contributed by atoms with E-state index in [0.717, 1.165) is 32.1 Å². The van der Waals surface area contributed by atoms with Crippen molar-refractivity contribution in [3.05, 3.63) is 0 Å². The zero-order valence-corrected chi connectivity index (χ0v) is 13.3. The van der Waals surface area contributed by atoms with Gasteiger partial charge in [-0.1, -0.05) is 45.4 Å². The summed E-state index contributed by atoms with van der Waals surface area (Å²) in [6, 6.07) is 0. The number of carbonyl (C=O) groups is 1. The Hall–Kier alpha value is -0.730. The lowest BCUT2D eigenvalue weighted by molar-refractivity contribution is -0.175. The molecule has 0 saturated heterocycles. The Labute approximate surface area is 131 Å². The van der Waals surface area contributed by atoms with E-state index in [1.807, 2.05) is 0 Å². The van der Waals surface area contributed by atoms with Crippen LogP contribution in [0.2, 0.25) is 0 Å². The van der Waals surface area contributed by atoms with Gasteiger partial charge in [-0.25, -0.2) is 0 Å². The van der Waals surface area contributed by atoms with Gasteiger partial charge in [-0.05, 0) is 12.8 Å². The van der Waals surface area contributed by atoms with Gasteiger partial charge in [0, 0.05) is 0 Å². The molecule has 0 aromatic heterocycles. The summed E-state index contributed by atoms with van der Waals surface area (Å²) in [6.45, 7) is 1.32. The fraction of sp³-hybridized carbons (Fsp3) is 0.933. The first-order valence-electron chi connectivity index (χ1n) is 7.98. The predicted molar refractivity (Wildman–Crippen MR) is 81.9 cm³/mol. The largest absolute Gasteiger partial charge is 0.394 e. The Bertz CT molecular complexity index is 314. The van der Waals surface area contributed by atoms with Gasteiger partial charge in [0.1, 0.15) is 18.3 Å². The monoisotopic (exact) mass is 321 g/mol. The summed E-state index contributed by atoms with van der Waals surface area (Å²) < 4.78 is 0. The van der Waals surface area contributed by atoms with Crippen molar-refractivity contribution in [3.63, 3.8) is 0 Å². The summed E-state index contributed by atoms with van der Waals surface area (Å²) in [5.41, 5.74) is 2.81. The first-order valence-corrected chi connectivity index (χ1v) is 7.98. The van der Waals surface area contributed by atoms with Crippen LogP contribution < -0.4 is 5.73 Å². The highest BCUT2D eigenvalue weighted by atomic mass is 16.4. The molecule has 0 bridgehead atoms. The van der Waals surface area contributed by atoms with Crippen molar-refractivity contribution < 1.29 is 30.3 Å². The Kier molecular flexibility index (Phi) is 10.5. The van der Waals surface area contributed by atoms with E-state index in [0.29, 0.717) is 6.42 Å². The third-order valence-corrected chi connectivity index (χ3v) is 3.98. The molecule has 4 atom stereocenters. The van der Waals surface area contributed by atoms with Crippen molar-refractivity contribution in [2.45, 2.75) is 82.2 Å². The Balaban J connectivity index is 4.41. The molecule has 7 nitrogen and oxygen atoms in total. The third kappa shape index (κ3) is 6.58. The fourth-order valence-electron chi connectivity index (χ4n) is 2.37. The lowest BCUT2D eigenvalue weighted by Gasteiger charge is -2.34. The molecule has 22 heavy (non-hydrogen) atoms. The Morgan fingerprint density at radius 3 is 2.00 bits per heavy atom. The number of amides is 1. The van der Waals surface area contributed by atoms with Crippen LogP contribution >= 0.6 is 0 Å². The van der Waals surface area contributed by atoms with Crippen LogP contribution in [0.4, 0.5) is 0 Å². The van der Waals surface area contributed by atoms with Gasteiger partial charge in [0.2, 0.25) is 0 Å². The maximum atomic E-state index is 11.4. The number of nitrogens with two attached hydrogens (primary N) is 1. The van der Waals surface area contributed by atoms with E-state index < -0.39 is 36.4 Å². The Morgan fingerprint density at radius 2 is 1.55 bits per heavy atom. The second kappa shape index (κ2) is 10.9. The van der Waals surface area contributed by atoms with Crippen LogP contribution in [0.25, 0.3) is 0 Å². The smallest absolute Gasteiger partial charge is 0.252 e. The number of aliphatic hydroxyl groups is 5. The highest BCUT2D eigenvalue weighted by Gasteiger charge is 2.46. The van der Waals surface area contributed by atoms with Crippen LogP contribution in [0.15, 0.2) is 0 Å². The van der Waals surface area contributed by atoms with E-state index in [9.17, 15) is 25.2 Å². The normalized spacial score (nSPS) is 18.5. The minimum absolute atomic E-state index is 0.105. The van der Waals surface area contributed by atoms with Crippen molar-refractivity contribution in [2.75, 3.05) is 6.61 Å². The van der Waals surface area contributed by atoms with E-state index in [1.54, 1.807) is 0 Å². The standard InChI is InChI=1S/C15H31NO6/c1-2-3-4-5-6-7-8-9-15(22,14(16)21)13(20)12(19)11(18)10-17/h11-13,17-20,22H,2-10H2,1H3,(H2,16,21)/t11-,12-,13+,15-/m1/s1. The minimum atomic E-state index is -2.32. The molecule has 1 amide bonds. The zero-order chi connectivity index (χ0) is 17.2. The highest BCUT2D eigenvalue weighted by Crippen LogP contribution is 2.23. The lowest BCUT2D eigenvalue weighted by Crippen LogP contribution is -2.60. The lowest BCUT2D eigenvalue weighted by atomic mass is 9.85. The Morgan fingerprint density at radius 1 is 1.05 bits per heavy atom. The van der Waals surface area contributed by atoms with Crippen molar-refractivity contribution in [1.82, 2.24) is 0 Å². The first-order chi connectivity index (χ1) is 10.3. The molecule has 0 spiro atoms. The summed E-state index contributed by atoms with van der Waals surface area (Å²) in [5.74, 6) is -1.16. The van der Waals surface area contributed by atoms with Gasteiger partial charge in [0.25, 0.3) is 5.91 Å².